The Morgan fingerprint density at radius 1 is 1.00 bits per heavy atom. The van der Waals surface area contributed by atoms with Crippen LogP contribution in [0, 0.1) is 6.92 Å². The molecule has 0 spiro atoms. The van der Waals surface area contributed by atoms with E-state index < -0.39 is 10.0 Å². The second-order valence-electron chi connectivity index (χ2n) is 5.94. The van der Waals surface area contributed by atoms with Gasteiger partial charge in [0.25, 0.3) is 0 Å². The van der Waals surface area contributed by atoms with Crippen molar-refractivity contribution < 1.29 is 13.2 Å². The lowest BCUT2D eigenvalue weighted by Crippen LogP contribution is -2.42. The lowest BCUT2D eigenvalue weighted by Gasteiger charge is -2.22. The zero-order valence-electron chi connectivity index (χ0n) is 13.1. The normalized spacial score (nSPS) is 21.3. The van der Waals surface area contributed by atoms with Gasteiger partial charge in [0.05, 0.1) is 10.9 Å². The molecule has 122 valence electrons. The fourth-order valence-corrected chi connectivity index (χ4v) is 4.16. The van der Waals surface area contributed by atoms with E-state index in [1.54, 1.807) is 24.3 Å². The first-order chi connectivity index (χ1) is 11.0. The van der Waals surface area contributed by atoms with Crippen LogP contribution in [0.1, 0.15) is 24.8 Å². The lowest BCUT2D eigenvalue weighted by atomic mass is 10.2. The van der Waals surface area contributed by atoms with Crippen molar-refractivity contribution in [3.63, 3.8) is 0 Å². The summed E-state index contributed by atoms with van der Waals surface area (Å²) in [4.78, 5) is 0.300. The summed E-state index contributed by atoms with van der Waals surface area (Å²) in [5, 5.41) is 0. The molecule has 1 saturated carbocycles. The zero-order valence-corrected chi connectivity index (χ0v) is 13.9. The Bertz CT molecular complexity index is 742. The van der Waals surface area contributed by atoms with Crippen molar-refractivity contribution in [2.75, 3.05) is 0 Å². The van der Waals surface area contributed by atoms with E-state index in [-0.39, 0.29) is 12.1 Å². The zero-order chi connectivity index (χ0) is 16.3. The average Bonchev–Trinajstić information content (AvgIpc) is 2.95. The first-order valence-corrected chi connectivity index (χ1v) is 9.34. The Hall–Kier alpha value is -1.85. The number of aryl methyl sites for hydroxylation is 1. The van der Waals surface area contributed by atoms with Gasteiger partial charge in [0.2, 0.25) is 10.0 Å². The second kappa shape index (κ2) is 6.72. The number of sulfonamides is 1. The van der Waals surface area contributed by atoms with Gasteiger partial charge in [-0.1, -0.05) is 35.9 Å². The highest BCUT2D eigenvalue weighted by molar-refractivity contribution is 7.89. The quantitative estimate of drug-likeness (QED) is 0.915. The van der Waals surface area contributed by atoms with Crippen LogP contribution in [0.15, 0.2) is 59.5 Å². The summed E-state index contributed by atoms with van der Waals surface area (Å²) in [5.41, 5.74) is 1.04. The Labute approximate surface area is 137 Å². The van der Waals surface area contributed by atoms with Gasteiger partial charge < -0.3 is 4.74 Å². The van der Waals surface area contributed by atoms with Crippen LogP contribution in [0.2, 0.25) is 0 Å². The first kappa shape index (κ1) is 16.0. The number of para-hydroxylation sites is 1. The summed E-state index contributed by atoms with van der Waals surface area (Å²) in [6.45, 7) is 1.94. The molecule has 0 unspecified atom stereocenters. The van der Waals surface area contributed by atoms with Gasteiger partial charge in [0.15, 0.2) is 0 Å². The van der Waals surface area contributed by atoms with E-state index >= 15 is 0 Å². The third-order valence-corrected chi connectivity index (χ3v) is 5.63. The number of hydrogen-bond acceptors (Lipinski definition) is 3. The van der Waals surface area contributed by atoms with Crippen molar-refractivity contribution >= 4 is 10.0 Å². The average molecular weight is 331 g/mol. The van der Waals surface area contributed by atoms with Crippen LogP contribution in [0.25, 0.3) is 0 Å². The number of nitrogens with one attached hydrogen (secondary N) is 1. The Kier molecular flexibility index (Phi) is 4.68. The molecule has 0 saturated heterocycles. The minimum Gasteiger partial charge on any atom is -0.489 e. The van der Waals surface area contributed by atoms with Gasteiger partial charge in [-0.25, -0.2) is 13.1 Å². The van der Waals surface area contributed by atoms with Crippen LogP contribution < -0.4 is 9.46 Å². The fraction of sp³-hybridized carbons (Fsp3) is 0.333. The number of rotatable bonds is 5. The van der Waals surface area contributed by atoms with Gasteiger partial charge in [-0.15, -0.1) is 0 Å². The molecule has 1 aliphatic rings. The molecule has 0 bridgehead atoms. The highest BCUT2D eigenvalue weighted by atomic mass is 32.2. The van der Waals surface area contributed by atoms with Crippen molar-refractivity contribution in [1.29, 1.82) is 0 Å². The highest BCUT2D eigenvalue weighted by Crippen LogP contribution is 2.26. The molecule has 0 amide bonds. The number of benzene rings is 2. The molecule has 4 nitrogen and oxygen atoms in total. The van der Waals surface area contributed by atoms with Crippen molar-refractivity contribution in [3.8, 4) is 5.75 Å². The van der Waals surface area contributed by atoms with E-state index in [0.29, 0.717) is 4.90 Å². The predicted molar refractivity (Wildman–Crippen MR) is 90.0 cm³/mol. The van der Waals surface area contributed by atoms with Crippen molar-refractivity contribution in [1.82, 2.24) is 4.72 Å². The first-order valence-electron chi connectivity index (χ1n) is 7.85. The molecule has 1 N–H and O–H groups in total. The molecular weight excluding hydrogens is 310 g/mol. The minimum absolute atomic E-state index is 0.127. The largest absolute Gasteiger partial charge is 0.489 e. The summed E-state index contributed by atoms with van der Waals surface area (Å²) >= 11 is 0. The van der Waals surface area contributed by atoms with Crippen LogP contribution >= 0.6 is 0 Å². The molecule has 23 heavy (non-hydrogen) atoms. The molecule has 2 atom stereocenters. The van der Waals surface area contributed by atoms with E-state index in [9.17, 15) is 8.42 Å². The third kappa shape index (κ3) is 3.92. The molecule has 5 heteroatoms. The molecule has 2 aromatic rings. The van der Waals surface area contributed by atoms with Gasteiger partial charge in [-0.2, -0.15) is 0 Å². The second-order valence-corrected chi connectivity index (χ2v) is 7.66. The maximum absolute atomic E-state index is 12.5. The van der Waals surface area contributed by atoms with Gasteiger partial charge in [0.1, 0.15) is 11.9 Å². The summed E-state index contributed by atoms with van der Waals surface area (Å²) < 4.78 is 33.8. The topological polar surface area (TPSA) is 55.4 Å². The van der Waals surface area contributed by atoms with E-state index in [2.05, 4.69) is 4.72 Å². The van der Waals surface area contributed by atoms with Crippen LogP contribution in [0.3, 0.4) is 0 Å². The Balaban J connectivity index is 1.72. The summed E-state index contributed by atoms with van der Waals surface area (Å²) in [7, 11) is -3.52. The van der Waals surface area contributed by atoms with E-state index in [4.69, 9.17) is 4.74 Å². The standard InChI is InChI=1S/C18H21NO3S/c1-14-10-12-16(13-11-14)23(20,21)19-17-8-5-9-18(17)22-15-6-3-2-4-7-15/h2-4,6-7,10-13,17-19H,5,8-9H2,1H3/t17-,18-/m0/s1. The molecule has 1 fully saturated rings. The summed E-state index contributed by atoms with van der Waals surface area (Å²) in [6, 6.07) is 16.2. The van der Waals surface area contributed by atoms with Crippen molar-refractivity contribution in [2.45, 2.75) is 43.2 Å². The van der Waals surface area contributed by atoms with Gasteiger partial charge in [0, 0.05) is 0 Å². The Morgan fingerprint density at radius 2 is 1.70 bits per heavy atom. The maximum Gasteiger partial charge on any atom is 0.240 e. The SMILES string of the molecule is Cc1ccc(S(=O)(=O)N[C@H]2CCC[C@@H]2Oc2ccccc2)cc1. The predicted octanol–water partition coefficient (Wildman–Crippen LogP) is 3.27. The van der Waals surface area contributed by atoms with Gasteiger partial charge >= 0.3 is 0 Å². The Morgan fingerprint density at radius 3 is 2.39 bits per heavy atom. The molecule has 0 aliphatic heterocycles. The minimum atomic E-state index is -3.52. The van der Waals surface area contributed by atoms with Crippen LogP contribution in [-0.2, 0) is 10.0 Å². The summed E-state index contributed by atoms with van der Waals surface area (Å²) in [6.07, 6.45) is 2.48. The maximum atomic E-state index is 12.5. The van der Waals surface area contributed by atoms with Crippen LogP contribution in [-0.4, -0.2) is 20.6 Å². The van der Waals surface area contributed by atoms with Crippen LogP contribution in [0.4, 0.5) is 0 Å². The van der Waals surface area contributed by atoms with Crippen molar-refractivity contribution in [2.24, 2.45) is 0 Å². The highest BCUT2D eigenvalue weighted by Gasteiger charge is 2.32. The molecule has 0 aromatic heterocycles. The van der Waals surface area contributed by atoms with Crippen LogP contribution in [0.5, 0.6) is 5.75 Å². The monoisotopic (exact) mass is 331 g/mol. The smallest absolute Gasteiger partial charge is 0.240 e. The lowest BCUT2D eigenvalue weighted by molar-refractivity contribution is 0.185. The number of hydrogen-bond donors (Lipinski definition) is 1. The van der Waals surface area contributed by atoms with E-state index in [1.165, 1.54) is 0 Å². The molecule has 0 heterocycles. The summed E-state index contributed by atoms with van der Waals surface area (Å²) in [5.74, 6) is 0.777. The molecule has 2 aromatic carbocycles. The van der Waals surface area contributed by atoms with Gasteiger partial charge in [-0.05, 0) is 50.5 Å². The van der Waals surface area contributed by atoms with Gasteiger partial charge in [-0.3, -0.25) is 0 Å². The van der Waals surface area contributed by atoms with Crippen molar-refractivity contribution in [3.05, 3.63) is 60.2 Å². The number of ether oxygens (including phenoxy) is 1. The van der Waals surface area contributed by atoms with E-state index in [1.807, 2.05) is 37.3 Å². The fourth-order valence-electron chi connectivity index (χ4n) is 2.86. The van der Waals surface area contributed by atoms with E-state index in [0.717, 1.165) is 30.6 Å². The molecule has 0 radical (unpaired) electrons. The molecular formula is C18H21NO3S. The molecule has 3 rings (SSSR count). The molecule has 1 aliphatic carbocycles. The third-order valence-electron chi connectivity index (χ3n) is 4.12.